The Balaban J connectivity index is 1.40. The van der Waals surface area contributed by atoms with Crippen LogP contribution in [0.1, 0.15) is 47.4 Å². The second kappa shape index (κ2) is 8.31. The van der Waals surface area contributed by atoms with E-state index in [1.54, 1.807) is 13.2 Å². The molecule has 1 aromatic heterocycles. The number of carbonyl (C=O) groups is 1. The minimum atomic E-state index is -0.524. The van der Waals surface area contributed by atoms with Gasteiger partial charge in [-0.05, 0) is 49.9 Å². The second-order valence-corrected chi connectivity index (χ2v) is 8.24. The van der Waals surface area contributed by atoms with Crippen molar-refractivity contribution >= 4 is 5.91 Å². The average molecular weight is 418 g/mol. The molecule has 8 nitrogen and oxygen atoms in total. The van der Waals surface area contributed by atoms with Crippen LogP contribution < -0.4 is 4.74 Å². The van der Waals surface area contributed by atoms with Gasteiger partial charge < -0.3 is 18.8 Å². The number of carbonyl (C=O) groups excluding carboxylic acids is 1. The van der Waals surface area contributed by atoms with Gasteiger partial charge in [-0.1, -0.05) is 0 Å². The van der Waals surface area contributed by atoms with Crippen LogP contribution in [0.15, 0.2) is 22.6 Å². The molecule has 1 atom stereocenters. The molecule has 3 heterocycles. The molecule has 162 valence electrons. The third-order valence-corrected chi connectivity index (χ3v) is 6.29. The van der Waals surface area contributed by atoms with E-state index in [4.69, 9.17) is 13.9 Å². The number of methoxy groups -OCH3 is 2. The Bertz CT molecular complexity index is 910. The molecule has 4 rings (SSSR count). The van der Waals surface area contributed by atoms with E-state index in [9.17, 15) is 9.18 Å². The fourth-order valence-electron chi connectivity index (χ4n) is 4.66. The van der Waals surface area contributed by atoms with Crippen molar-refractivity contribution < 1.29 is 23.1 Å². The Morgan fingerprint density at radius 1 is 1.30 bits per heavy atom. The van der Waals surface area contributed by atoms with Gasteiger partial charge in [0.2, 0.25) is 11.8 Å². The predicted molar refractivity (Wildman–Crippen MR) is 106 cm³/mol. The summed E-state index contributed by atoms with van der Waals surface area (Å²) in [6.07, 6.45) is 2.69. The summed E-state index contributed by atoms with van der Waals surface area (Å²) in [5.41, 5.74) is 0.458. The summed E-state index contributed by atoms with van der Waals surface area (Å²) in [5.74, 6) is 0.571. The van der Waals surface area contributed by atoms with E-state index in [-0.39, 0.29) is 23.1 Å². The highest BCUT2D eigenvalue weighted by Crippen LogP contribution is 2.48. The van der Waals surface area contributed by atoms with Crippen molar-refractivity contribution in [2.75, 3.05) is 40.9 Å². The van der Waals surface area contributed by atoms with Gasteiger partial charge in [-0.15, -0.1) is 10.2 Å². The molecular weight excluding hydrogens is 391 g/mol. The van der Waals surface area contributed by atoms with Crippen molar-refractivity contribution in [1.29, 1.82) is 0 Å². The number of amides is 1. The van der Waals surface area contributed by atoms with Crippen molar-refractivity contribution in [1.82, 2.24) is 20.0 Å². The summed E-state index contributed by atoms with van der Waals surface area (Å²) in [5, 5.41) is 8.25. The second-order valence-electron chi connectivity index (χ2n) is 8.24. The van der Waals surface area contributed by atoms with Gasteiger partial charge in [0.25, 0.3) is 5.91 Å². The number of piperidine rings is 1. The van der Waals surface area contributed by atoms with E-state index in [0.29, 0.717) is 37.0 Å². The van der Waals surface area contributed by atoms with Gasteiger partial charge >= 0.3 is 0 Å². The van der Waals surface area contributed by atoms with Crippen LogP contribution in [0.3, 0.4) is 0 Å². The van der Waals surface area contributed by atoms with Crippen molar-refractivity contribution in [3.05, 3.63) is 41.4 Å². The zero-order valence-corrected chi connectivity index (χ0v) is 17.6. The number of rotatable bonds is 5. The van der Waals surface area contributed by atoms with Crippen LogP contribution in [0, 0.1) is 11.2 Å². The van der Waals surface area contributed by atoms with Gasteiger partial charge in [-0.3, -0.25) is 9.69 Å². The Morgan fingerprint density at radius 3 is 2.73 bits per heavy atom. The zero-order valence-electron chi connectivity index (χ0n) is 17.6. The summed E-state index contributed by atoms with van der Waals surface area (Å²) < 4.78 is 29.7. The van der Waals surface area contributed by atoms with Crippen molar-refractivity contribution in [2.24, 2.45) is 5.41 Å². The monoisotopic (exact) mass is 418 g/mol. The molecule has 2 aliphatic rings. The molecule has 9 heteroatoms. The topological polar surface area (TPSA) is 80.9 Å². The molecule has 1 spiro atoms. The summed E-state index contributed by atoms with van der Waals surface area (Å²) >= 11 is 0. The van der Waals surface area contributed by atoms with E-state index < -0.39 is 5.82 Å². The van der Waals surface area contributed by atoms with Crippen LogP contribution in [-0.4, -0.2) is 66.8 Å². The molecule has 1 unspecified atom stereocenters. The summed E-state index contributed by atoms with van der Waals surface area (Å²) in [7, 11) is 5.07. The van der Waals surface area contributed by atoms with Gasteiger partial charge in [0.1, 0.15) is 6.61 Å². The van der Waals surface area contributed by atoms with Crippen molar-refractivity contribution in [3.63, 3.8) is 0 Å². The standard InChI is InChI=1S/C21H27FN4O4/c1-25-13-21(11-16(25)19-24-23-18(30-19)12-28-2)6-8-26(9-7-21)20(27)14-4-5-17(29-3)15(22)10-14/h4-5,10,16H,6-9,11-13H2,1-3H3. The average Bonchev–Trinajstić information content (AvgIpc) is 3.32. The minimum Gasteiger partial charge on any atom is -0.494 e. The quantitative estimate of drug-likeness (QED) is 0.738. The molecule has 2 fully saturated rings. The lowest BCUT2D eigenvalue weighted by Gasteiger charge is -2.39. The third-order valence-electron chi connectivity index (χ3n) is 6.29. The normalized spacial score (nSPS) is 21.3. The lowest BCUT2D eigenvalue weighted by Crippen LogP contribution is -2.44. The number of likely N-dealkylation sites (tertiary alicyclic amines) is 2. The first-order valence-electron chi connectivity index (χ1n) is 10.1. The van der Waals surface area contributed by atoms with Gasteiger partial charge in [-0.2, -0.15) is 0 Å². The molecule has 1 aromatic carbocycles. The van der Waals surface area contributed by atoms with E-state index >= 15 is 0 Å². The van der Waals surface area contributed by atoms with Gasteiger partial charge in [-0.25, -0.2) is 4.39 Å². The van der Waals surface area contributed by atoms with Crippen LogP contribution in [0.25, 0.3) is 0 Å². The van der Waals surface area contributed by atoms with Crippen LogP contribution >= 0.6 is 0 Å². The number of benzene rings is 1. The molecule has 0 N–H and O–H groups in total. The maximum atomic E-state index is 14.0. The number of nitrogens with zero attached hydrogens (tertiary/aromatic N) is 4. The molecule has 1 amide bonds. The minimum absolute atomic E-state index is 0.0704. The zero-order chi connectivity index (χ0) is 21.3. The van der Waals surface area contributed by atoms with E-state index in [1.165, 1.54) is 19.2 Å². The van der Waals surface area contributed by atoms with E-state index in [2.05, 4.69) is 22.1 Å². The largest absolute Gasteiger partial charge is 0.494 e. The summed E-state index contributed by atoms with van der Waals surface area (Å²) in [6, 6.07) is 4.42. The molecule has 2 aromatic rings. The van der Waals surface area contributed by atoms with Gasteiger partial charge in [0, 0.05) is 32.3 Å². The number of hydrogen-bond acceptors (Lipinski definition) is 7. The van der Waals surface area contributed by atoms with Crippen LogP contribution in [-0.2, 0) is 11.3 Å². The highest BCUT2D eigenvalue weighted by Gasteiger charge is 2.47. The Kier molecular flexibility index (Phi) is 5.75. The van der Waals surface area contributed by atoms with Crippen molar-refractivity contribution in [2.45, 2.75) is 31.9 Å². The first-order valence-corrected chi connectivity index (χ1v) is 10.1. The first-order chi connectivity index (χ1) is 14.4. The Hall–Kier alpha value is -2.52. The molecule has 0 radical (unpaired) electrons. The Labute approximate surface area is 174 Å². The van der Waals surface area contributed by atoms with Gasteiger partial charge in [0.15, 0.2) is 11.6 Å². The van der Waals surface area contributed by atoms with Gasteiger partial charge in [0.05, 0.1) is 13.2 Å². The Morgan fingerprint density at radius 2 is 2.07 bits per heavy atom. The molecule has 0 saturated carbocycles. The molecule has 2 saturated heterocycles. The number of hydrogen-bond donors (Lipinski definition) is 0. The fourth-order valence-corrected chi connectivity index (χ4v) is 4.66. The summed E-state index contributed by atoms with van der Waals surface area (Å²) in [4.78, 5) is 16.9. The molecular formula is C21H27FN4O4. The predicted octanol–water partition coefficient (Wildman–Crippen LogP) is 2.66. The lowest BCUT2D eigenvalue weighted by molar-refractivity contribution is 0.0592. The third kappa shape index (κ3) is 3.91. The molecule has 0 bridgehead atoms. The molecule has 0 aliphatic carbocycles. The highest BCUT2D eigenvalue weighted by molar-refractivity contribution is 5.94. The van der Waals surface area contributed by atoms with Crippen LogP contribution in [0.2, 0.25) is 0 Å². The van der Waals surface area contributed by atoms with E-state index in [0.717, 1.165) is 25.8 Å². The first kappa shape index (κ1) is 20.7. The molecule has 2 aliphatic heterocycles. The smallest absolute Gasteiger partial charge is 0.253 e. The maximum Gasteiger partial charge on any atom is 0.253 e. The van der Waals surface area contributed by atoms with Crippen molar-refractivity contribution in [3.8, 4) is 5.75 Å². The number of aromatic nitrogens is 2. The van der Waals surface area contributed by atoms with E-state index in [1.807, 2.05) is 4.90 Å². The van der Waals surface area contributed by atoms with Crippen LogP contribution in [0.5, 0.6) is 5.75 Å². The fraction of sp³-hybridized carbons (Fsp3) is 0.571. The summed E-state index contributed by atoms with van der Waals surface area (Å²) in [6.45, 7) is 2.51. The SMILES string of the molecule is COCc1nnc(C2CC3(CCN(C(=O)c4ccc(OC)c(F)c4)CC3)CN2C)o1. The highest BCUT2D eigenvalue weighted by atomic mass is 19.1. The lowest BCUT2D eigenvalue weighted by atomic mass is 9.76. The number of ether oxygens (including phenoxy) is 2. The maximum absolute atomic E-state index is 14.0. The molecule has 30 heavy (non-hydrogen) atoms. The van der Waals surface area contributed by atoms with Crippen LogP contribution in [0.4, 0.5) is 4.39 Å². The number of halogens is 1.